The van der Waals surface area contributed by atoms with Gasteiger partial charge in [0.1, 0.15) is 12.4 Å². The number of hydrogen-bond donors (Lipinski definition) is 0. The lowest BCUT2D eigenvalue weighted by Gasteiger charge is -2.21. The van der Waals surface area contributed by atoms with Crippen molar-refractivity contribution in [2.75, 3.05) is 6.61 Å². The van der Waals surface area contributed by atoms with E-state index in [2.05, 4.69) is 26.0 Å². The van der Waals surface area contributed by atoms with E-state index < -0.39 is 14.1 Å². The first-order chi connectivity index (χ1) is 13.1. The predicted octanol–water partition coefficient (Wildman–Crippen LogP) is 6.08. The van der Waals surface area contributed by atoms with Gasteiger partial charge in [-0.05, 0) is 37.0 Å². The molecule has 2 aliphatic rings. The molecular weight excluding hydrogens is 367 g/mol. The standard InChI is InChI=1S/C20H29O6P/c1-3-5-7-8-9-16-11-13-17(14-12-16)23-19(10-6-4-2)24-20-18-15-22-27(21,25-18)26-20/h11-14,19H,3-10,15H2,1-2H3. The van der Waals surface area contributed by atoms with Gasteiger partial charge in [-0.2, -0.15) is 0 Å². The molecule has 2 bridgehead atoms. The topological polar surface area (TPSA) is 63.2 Å². The van der Waals surface area contributed by atoms with Crippen LogP contribution in [-0.2, 0) is 29.3 Å². The third kappa shape index (κ3) is 5.66. The highest BCUT2D eigenvalue weighted by molar-refractivity contribution is 7.49. The van der Waals surface area contributed by atoms with Gasteiger partial charge in [0.15, 0.2) is 0 Å². The van der Waals surface area contributed by atoms with Crippen molar-refractivity contribution in [2.45, 2.75) is 71.5 Å². The van der Waals surface area contributed by atoms with Crippen LogP contribution in [-0.4, -0.2) is 12.9 Å². The molecule has 2 unspecified atom stereocenters. The molecule has 3 rings (SSSR count). The van der Waals surface area contributed by atoms with Crippen molar-refractivity contribution < 1.29 is 27.6 Å². The molecule has 2 heterocycles. The molecule has 1 aromatic rings. The molecule has 1 aromatic carbocycles. The van der Waals surface area contributed by atoms with Crippen LogP contribution >= 0.6 is 7.82 Å². The minimum Gasteiger partial charge on any atom is -0.455 e. The van der Waals surface area contributed by atoms with Gasteiger partial charge in [-0.1, -0.05) is 51.7 Å². The number of phosphoric ester groups is 1. The van der Waals surface area contributed by atoms with Crippen molar-refractivity contribution in [3.8, 4) is 5.75 Å². The van der Waals surface area contributed by atoms with E-state index in [0.717, 1.165) is 25.0 Å². The van der Waals surface area contributed by atoms with Crippen molar-refractivity contribution in [1.82, 2.24) is 0 Å². The largest absolute Gasteiger partial charge is 0.590 e. The number of fused-ring (bicyclic) bond motifs is 2. The van der Waals surface area contributed by atoms with Crippen molar-refractivity contribution in [2.24, 2.45) is 0 Å². The van der Waals surface area contributed by atoms with Gasteiger partial charge in [0, 0.05) is 6.42 Å². The summed E-state index contributed by atoms with van der Waals surface area (Å²) in [6.07, 6.45) is 8.25. The monoisotopic (exact) mass is 396 g/mol. The fraction of sp³-hybridized carbons (Fsp3) is 0.600. The van der Waals surface area contributed by atoms with E-state index in [0.29, 0.717) is 12.2 Å². The molecule has 7 heteroatoms. The van der Waals surface area contributed by atoms with Crippen LogP contribution in [0.4, 0.5) is 0 Å². The van der Waals surface area contributed by atoms with Gasteiger partial charge >= 0.3 is 13.8 Å². The third-order valence-electron chi connectivity index (χ3n) is 4.54. The first-order valence-corrected chi connectivity index (χ1v) is 11.4. The van der Waals surface area contributed by atoms with Gasteiger partial charge in [0.25, 0.3) is 0 Å². The first-order valence-electron chi connectivity index (χ1n) is 9.91. The van der Waals surface area contributed by atoms with E-state index in [-0.39, 0.29) is 12.6 Å². The summed E-state index contributed by atoms with van der Waals surface area (Å²) >= 11 is 0. The van der Waals surface area contributed by atoms with Crippen LogP contribution in [0.15, 0.2) is 36.0 Å². The Bertz CT molecular complexity index is 684. The molecule has 150 valence electrons. The van der Waals surface area contributed by atoms with Crippen LogP contribution < -0.4 is 4.74 Å². The van der Waals surface area contributed by atoms with E-state index in [1.54, 1.807) is 0 Å². The fourth-order valence-electron chi connectivity index (χ4n) is 2.98. The second kappa shape index (κ2) is 9.52. The summed E-state index contributed by atoms with van der Waals surface area (Å²) in [5.41, 5.74) is 1.31. The predicted molar refractivity (Wildman–Crippen MR) is 102 cm³/mol. The number of unbranched alkanes of at least 4 members (excludes halogenated alkanes) is 4. The van der Waals surface area contributed by atoms with E-state index in [9.17, 15) is 4.57 Å². The van der Waals surface area contributed by atoms with Crippen molar-refractivity contribution >= 4 is 7.82 Å². The van der Waals surface area contributed by atoms with Gasteiger partial charge in [0.05, 0.1) is 0 Å². The average molecular weight is 396 g/mol. The van der Waals surface area contributed by atoms with Crippen LogP contribution in [0.25, 0.3) is 0 Å². The molecule has 1 fully saturated rings. The molecule has 0 aliphatic carbocycles. The Labute approximate surface area is 161 Å². The smallest absolute Gasteiger partial charge is 0.455 e. The SMILES string of the molecule is CCCCCCc1ccc(OC(CCCC)OC2=C3COP(=O)(O3)O2)cc1. The van der Waals surface area contributed by atoms with Crippen LogP contribution in [0.1, 0.15) is 64.4 Å². The van der Waals surface area contributed by atoms with Gasteiger partial charge < -0.3 is 18.5 Å². The molecule has 1 saturated heterocycles. The molecule has 0 N–H and O–H groups in total. The Hall–Kier alpha value is -1.65. The van der Waals surface area contributed by atoms with E-state index >= 15 is 0 Å². The average Bonchev–Trinajstić information content (AvgIpc) is 3.20. The molecular formula is C20H29O6P. The molecule has 0 radical (unpaired) electrons. The summed E-state index contributed by atoms with van der Waals surface area (Å²) in [6, 6.07) is 8.14. The van der Waals surface area contributed by atoms with E-state index in [4.69, 9.17) is 23.0 Å². The minimum absolute atomic E-state index is 0.111. The zero-order valence-electron chi connectivity index (χ0n) is 16.1. The van der Waals surface area contributed by atoms with E-state index in [1.807, 2.05) is 12.1 Å². The number of hydrogen-bond acceptors (Lipinski definition) is 6. The maximum absolute atomic E-state index is 11.9. The van der Waals surface area contributed by atoms with Crippen LogP contribution in [0.2, 0.25) is 0 Å². The summed E-state index contributed by atoms with van der Waals surface area (Å²) in [7, 11) is -3.47. The normalized spacial score (nSPS) is 21.7. The minimum atomic E-state index is -3.47. The third-order valence-corrected chi connectivity index (χ3v) is 5.82. The Morgan fingerprint density at radius 2 is 1.78 bits per heavy atom. The van der Waals surface area contributed by atoms with Gasteiger partial charge in [-0.25, -0.2) is 4.57 Å². The summed E-state index contributed by atoms with van der Waals surface area (Å²) in [6.45, 7) is 4.44. The van der Waals surface area contributed by atoms with E-state index in [1.165, 1.54) is 31.2 Å². The molecule has 27 heavy (non-hydrogen) atoms. The number of benzene rings is 1. The van der Waals surface area contributed by atoms with Gasteiger partial charge in [0.2, 0.25) is 12.0 Å². The lowest BCUT2D eigenvalue weighted by Crippen LogP contribution is -2.21. The lowest BCUT2D eigenvalue weighted by atomic mass is 10.1. The number of rotatable bonds is 12. The quantitative estimate of drug-likeness (QED) is 0.243. The Morgan fingerprint density at radius 3 is 2.41 bits per heavy atom. The molecule has 0 saturated carbocycles. The number of phosphoric acid groups is 1. The van der Waals surface area contributed by atoms with Gasteiger partial charge in [-0.15, -0.1) is 0 Å². The fourth-order valence-corrected chi connectivity index (χ4v) is 4.14. The zero-order valence-corrected chi connectivity index (χ0v) is 17.0. The van der Waals surface area contributed by atoms with Gasteiger partial charge in [-0.3, -0.25) is 4.52 Å². The maximum atomic E-state index is 11.9. The van der Waals surface area contributed by atoms with Crippen molar-refractivity contribution in [3.63, 3.8) is 0 Å². The summed E-state index contributed by atoms with van der Waals surface area (Å²) in [5, 5.41) is 0. The molecule has 0 amide bonds. The maximum Gasteiger partial charge on any atom is 0.590 e. The highest BCUT2D eigenvalue weighted by atomic mass is 31.2. The first kappa shape index (κ1) is 20.1. The van der Waals surface area contributed by atoms with Crippen molar-refractivity contribution in [1.29, 1.82) is 0 Å². The Morgan fingerprint density at radius 1 is 1.00 bits per heavy atom. The zero-order chi connectivity index (χ0) is 19.1. The lowest BCUT2D eigenvalue weighted by molar-refractivity contribution is -0.0859. The molecule has 2 atom stereocenters. The molecule has 6 nitrogen and oxygen atoms in total. The summed E-state index contributed by atoms with van der Waals surface area (Å²) < 4.78 is 38.9. The second-order valence-electron chi connectivity index (χ2n) is 6.88. The molecule has 0 spiro atoms. The Balaban J connectivity index is 1.55. The summed E-state index contributed by atoms with van der Waals surface area (Å²) in [5.74, 6) is 1.20. The molecule has 0 aromatic heterocycles. The van der Waals surface area contributed by atoms with Crippen LogP contribution in [0, 0.1) is 0 Å². The highest BCUT2D eigenvalue weighted by Gasteiger charge is 2.49. The highest BCUT2D eigenvalue weighted by Crippen LogP contribution is 2.63. The number of aryl methyl sites for hydroxylation is 1. The Kier molecular flexibility index (Phi) is 7.08. The second-order valence-corrected chi connectivity index (χ2v) is 8.39. The summed E-state index contributed by atoms with van der Waals surface area (Å²) in [4.78, 5) is 0. The van der Waals surface area contributed by atoms with Crippen LogP contribution in [0.5, 0.6) is 5.75 Å². The number of ether oxygens (including phenoxy) is 2. The molecule has 2 aliphatic heterocycles. The van der Waals surface area contributed by atoms with Crippen LogP contribution in [0.3, 0.4) is 0 Å². The van der Waals surface area contributed by atoms with Crippen molar-refractivity contribution in [3.05, 3.63) is 41.5 Å².